The third-order valence-corrected chi connectivity index (χ3v) is 3.69. The van der Waals surface area contributed by atoms with Crippen LogP contribution in [0.15, 0.2) is 0 Å². The van der Waals surface area contributed by atoms with Crippen LogP contribution in [0.25, 0.3) is 0 Å². The van der Waals surface area contributed by atoms with Crippen LogP contribution in [0.4, 0.5) is 13.2 Å². The highest BCUT2D eigenvalue weighted by Crippen LogP contribution is 2.29. The maximum Gasteiger partial charge on any atom is 0.411 e. The predicted molar refractivity (Wildman–Crippen MR) is 69.0 cm³/mol. The molecule has 1 aliphatic carbocycles. The second-order valence-corrected chi connectivity index (χ2v) is 5.43. The number of nitrogens with one attached hydrogen (secondary N) is 1. The highest BCUT2D eigenvalue weighted by Gasteiger charge is 2.29. The van der Waals surface area contributed by atoms with Crippen molar-refractivity contribution >= 4 is 5.91 Å². The fraction of sp³-hybridized carbons (Fsp3) is 0.923. The van der Waals surface area contributed by atoms with E-state index in [0.29, 0.717) is 0 Å². The average Bonchev–Trinajstić information content (AvgIpc) is 2.36. The number of hydrogen-bond donors (Lipinski definition) is 2. The summed E-state index contributed by atoms with van der Waals surface area (Å²) in [6.07, 6.45) is -0.490. The van der Waals surface area contributed by atoms with E-state index < -0.39 is 12.8 Å². The fourth-order valence-electron chi connectivity index (χ4n) is 2.53. The van der Waals surface area contributed by atoms with Crippen molar-refractivity contribution in [2.45, 2.75) is 44.8 Å². The average molecular weight is 296 g/mol. The summed E-state index contributed by atoms with van der Waals surface area (Å²) in [5, 5.41) is 2.61. The van der Waals surface area contributed by atoms with Crippen molar-refractivity contribution in [1.82, 2.24) is 5.32 Å². The lowest BCUT2D eigenvalue weighted by Crippen LogP contribution is -2.39. The molecule has 4 nitrogen and oxygen atoms in total. The molecule has 0 spiro atoms. The number of hydrogen-bond acceptors (Lipinski definition) is 3. The Kier molecular flexibility index (Phi) is 6.75. The molecule has 0 aromatic heterocycles. The highest BCUT2D eigenvalue weighted by molar-refractivity contribution is 5.78. The molecular formula is C13H23F3N2O2. The van der Waals surface area contributed by atoms with E-state index in [4.69, 9.17) is 5.73 Å². The lowest BCUT2D eigenvalue weighted by molar-refractivity contribution is -0.173. The molecule has 0 radical (unpaired) electrons. The zero-order valence-corrected chi connectivity index (χ0v) is 11.7. The normalized spacial score (nSPS) is 25.2. The van der Waals surface area contributed by atoms with Gasteiger partial charge in [0.05, 0.1) is 6.61 Å². The first kappa shape index (κ1) is 17.2. The molecule has 118 valence electrons. The van der Waals surface area contributed by atoms with Gasteiger partial charge in [-0.15, -0.1) is 0 Å². The summed E-state index contributed by atoms with van der Waals surface area (Å²) in [6.45, 7) is 0.519. The topological polar surface area (TPSA) is 64.3 Å². The minimum absolute atomic E-state index is 0.0953. The van der Waals surface area contributed by atoms with Gasteiger partial charge < -0.3 is 15.8 Å². The first-order valence-electron chi connectivity index (χ1n) is 6.97. The molecule has 3 unspecified atom stereocenters. The van der Waals surface area contributed by atoms with Crippen molar-refractivity contribution in [2.75, 3.05) is 19.8 Å². The van der Waals surface area contributed by atoms with Crippen molar-refractivity contribution in [3.05, 3.63) is 0 Å². The number of carbonyl (C=O) groups excluding carboxylic acids is 1. The SMILES string of the molecule is CC(C(=O)NCCOCC(F)(F)F)C1CCCC(N)C1. The van der Waals surface area contributed by atoms with Crippen LogP contribution in [-0.2, 0) is 9.53 Å². The van der Waals surface area contributed by atoms with E-state index in [2.05, 4.69) is 10.1 Å². The monoisotopic (exact) mass is 296 g/mol. The number of amides is 1. The van der Waals surface area contributed by atoms with Crippen LogP contribution >= 0.6 is 0 Å². The Bertz CT molecular complexity index is 310. The zero-order valence-electron chi connectivity index (χ0n) is 11.7. The van der Waals surface area contributed by atoms with Crippen molar-refractivity contribution in [2.24, 2.45) is 17.6 Å². The molecule has 1 saturated carbocycles. The number of ether oxygens (including phenoxy) is 1. The van der Waals surface area contributed by atoms with Crippen LogP contribution in [0.1, 0.15) is 32.6 Å². The number of alkyl halides is 3. The molecule has 3 N–H and O–H groups in total. The molecular weight excluding hydrogens is 273 g/mol. The van der Waals surface area contributed by atoms with Crippen molar-refractivity contribution in [3.63, 3.8) is 0 Å². The van der Waals surface area contributed by atoms with E-state index in [1.807, 2.05) is 6.92 Å². The van der Waals surface area contributed by atoms with Gasteiger partial charge in [0.2, 0.25) is 5.91 Å². The molecule has 0 heterocycles. The van der Waals surface area contributed by atoms with E-state index in [1.54, 1.807) is 0 Å². The lowest BCUT2D eigenvalue weighted by Gasteiger charge is -2.30. The molecule has 1 rings (SSSR count). The third kappa shape index (κ3) is 6.56. The molecule has 0 bridgehead atoms. The molecule has 1 aliphatic rings. The molecule has 7 heteroatoms. The Morgan fingerprint density at radius 1 is 1.45 bits per heavy atom. The Morgan fingerprint density at radius 2 is 2.15 bits per heavy atom. The Balaban J connectivity index is 2.18. The Morgan fingerprint density at radius 3 is 2.75 bits per heavy atom. The van der Waals surface area contributed by atoms with Crippen LogP contribution in [-0.4, -0.2) is 37.9 Å². The Hall–Kier alpha value is -0.820. The number of nitrogens with two attached hydrogens (primary N) is 1. The van der Waals surface area contributed by atoms with Gasteiger partial charge in [0.1, 0.15) is 6.61 Å². The van der Waals surface area contributed by atoms with Gasteiger partial charge >= 0.3 is 6.18 Å². The van der Waals surface area contributed by atoms with Crippen LogP contribution in [0, 0.1) is 11.8 Å². The van der Waals surface area contributed by atoms with E-state index in [1.165, 1.54) is 0 Å². The molecule has 0 aliphatic heterocycles. The summed E-state index contributed by atoms with van der Waals surface area (Å²) >= 11 is 0. The first-order chi connectivity index (χ1) is 9.29. The Labute approximate surface area is 117 Å². The summed E-state index contributed by atoms with van der Waals surface area (Å²) in [5.41, 5.74) is 5.89. The molecule has 20 heavy (non-hydrogen) atoms. The van der Waals surface area contributed by atoms with Gasteiger partial charge in [-0.25, -0.2) is 0 Å². The lowest BCUT2D eigenvalue weighted by atomic mass is 9.78. The number of carbonyl (C=O) groups is 1. The number of halogens is 3. The standard InChI is InChI=1S/C13H23F3N2O2/c1-9(10-3-2-4-11(17)7-10)12(19)18-5-6-20-8-13(14,15)16/h9-11H,2-8,17H2,1H3,(H,18,19). The smallest absolute Gasteiger partial charge is 0.370 e. The van der Waals surface area contributed by atoms with E-state index in [-0.39, 0.29) is 36.9 Å². The summed E-state index contributed by atoms with van der Waals surface area (Å²) in [4.78, 5) is 11.9. The number of rotatable bonds is 6. The first-order valence-corrected chi connectivity index (χ1v) is 6.97. The second-order valence-electron chi connectivity index (χ2n) is 5.43. The van der Waals surface area contributed by atoms with Gasteiger partial charge in [-0.3, -0.25) is 4.79 Å². The maximum atomic E-state index is 11.9. The van der Waals surface area contributed by atoms with E-state index in [9.17, 15) is 18.0 Å². The largest absolute Gasteiger partial charge is 0.411 e. The summed E-state index contributed by atoms with van der Waals surface area (Å²) in [6, 6.07) is 0.152. The summed E-state index contributed by atoms with van der Waals surface area (Å²) < 4.78 is 39.9. The molecule has 1 fully saturated rings. The van der Waals surface area contributed by atoms with Gasteiger partial charge in [-0.05, 0) is 25.2 Å². The van der Waals surface area contributed by atoms with Crippen LogP contribution in [0.5, 0.6) is 0 Å². The van der Waals surface area contributed by atoms with Gasteiger partial charge in [0.25, 0.3) is 0 Å². The van der Waals surface area contributed by atoms with Gasteiger partial charge in [0.15, 0.2) is 0 Å². The minimum Gasteiger partial charge on any atom is -0.370 e. The molecule has 3 atom stereocenters. The fourth-order valence-corrected chi connectivity index (χ4v) is 2.53. The maximum absolute atomic E-state index is 11.9. The van der Waals surface area contributed by atoms with E-state index >= 15 is 0 Å². The summed E-state index contributed by atoms with van der Waals surface area (Å²) in [5.74, 6) is -0.0430. The van der Waals surface area contributed by atoms with Crippen LogP contribution in [0.3, 0.4) is 0 Å². The van der Waals surface area contributed by atoms with Gasteiger partial charge in [-0.2, -0.15) is 13.2 Å². The summed E-state index contributed by atoms with van der Waals surface area (Å²) in [7, 11) is 0. The van der Waals surface area contributed by atoms with Crippen molar-refractivity contribution < 1.29 is 22.7 Å². The second kappa shape index (κ2) is 7.83. The quantitative estimate of drug-likeness (QED) is 0.735. The minimum atomic E-state index is -4.32. The predicted octanol–water partition coefficient (Wildman–Crippen LogP) is 1.84. The van der Waals surface area contributed by atoms with E-state index in [0.717, 1.165) is 25.7 Å². The highest BCUT2D eigenvalue weighted by atomic mass is 19.4. The molecule has 0 aromatic rings. The van der Waals surface area contributed by atoms with Gasteiger partial charge in [0, 0.05) is 18.5 Å². The molecule has 0 saturated heterocycles. The third-order valence-electron chi connectivity index (χ3n) is 3.69. The molecule has 1 amide bonds. The van der Waals surface area contributed by atoms with Gasteiger partial charge in [-0.1, -0.05) is 13.3 Å². The van der Waals surface area contributed by atoms with Crippen molar-refractivity contribution in [3.8, 4) is 0 Å². The van der Waals surface area contributed by atoms with Crippen LogP contribution < -0.4 is 11.1 Å². The zero-order chi connectivity index (χ0) is 15.2. The molecule has 0 aromatic carbocycles. The van der Waals surface area contributed by atoms with Crippen molar-refractivity contribution in [1.29, 1.82) is 0 Å². The van der Waals surface area contributed by atoms with Crippen LogP contribution in [0.2, 0.25) is 0 Å².